The van der Waals surface area contributed by atoms with Crippen LogP contribution >= 0.6 is 23.1 Å². The fourth-order valence-corrected chi connectivity index (χ4v) is 3.67. The van der Waals surface area contributed by atoms with Gasteiger partial charge in [0.2, 0.25) is 5.91 Å². The molecule has 1 amide bonds. The van der Waals surface area contributed by atoms with Crippen molar-refractivity contribution in [1.82, 2.24) is 4.98 Å². The van der Waals surface area contributed by atoms with Crippen LogP contribution in [0.3, 0.4) is 0 Å². The van der Waals surface area contributed by atoms with Gasteiger partial charge in [-0.15, -0.1) is 11.3 Å². The largest absolute Gasteiger partial charge is 0.325 e. The molecule has 0 saturated heterocycles. The number of nitrogens with zero attached hydrogens (tertiary/aromatic N) is 1. The summed E-state index contributed by atoms with van der Waals surface area (Å²) in [6.07, 6.45) is 0. The van der Waals surface area contributed by atoms with Gasteiger partial charge in [0.05, 0.1) is 16.0 Å². The first kappa shape index (κ1) is 14.0. The van der Waals surface area contributed by atoms with E-state index in [0.29, 0.717) is 5.69 Å². The van der Waals surface area contributed by atoms with Gasteiger partial charge in [-0.3, -0.25) is 4.79 Å². The molecule has 1 heterocycles. The quantitative estimate of drug-likeness (QED) is 0.734. The number of hydrogen-bond acceptors (Lipinski definition) is 4. The van der Waals surface area contributed by atoms with Gasteiger partial charge in [-0.2, -0.15) is 0 Å². The molecule has 2 aromatic carbocycles. The second kappa shape index (κ2) is 6.24. The monoisotopic (exact) mass is 318 g/mol. The van der Waals surface area contributed by atoms with Crippen LogP contribution in [0, 0.1) is 5.82 Å². The van der Waals surface area contributed by atoms with Gasteiger partial charge < -0.3 is 5.32 Å². The highest BCUT2D eigenvalue weighted by Crippen LogP contribution is 2.29. The minimum atomic E-state index is -0.369. The normalized spacial score (nSPS) is 10.7. The van der Waals surface area contributed by atoms with Crippen LogP contribution in [0.25, 0.3) is 10.2 Å². The van der Waals surface area contributed by atoms with E-state index in [1.54, 1.807) is 23.5 Å². The van der Waals surface area contributed by atoms with Crippen molar-refractivity contribution in [2.24, 2.45) is 0 Å². The van der Waals surface area contributed by atoms with E-state index < -0.39 is 0 Å². The molecule has 0 radical (unpaired) electrons. The Kier molecular flexibility index (Phi) is 4.17. The molecule has 0 spiro atoms. The Bertz CT molecular complexity index is 755. The molecule has 0 fully saturated rings. The molecule has 1 aromatic heterocycles. The Morgan fingerprint density at radius 3 is 2.90 bits per heavy atom. The molecule has 0 bridgehead atoms. The van der Waals surface area contributed by atoms with E-state index >= 15 is 0 Å². The summed E-state index contributed by atoms with van der Waals surface area (Å²) in [6, 6.07) is 13.7. The number of thiazole rings is 1. The summed E-state index contributed by atoms with van der Waals surface area (Å²) in [6.45, 7) is 0. The van der Waals surface area contributed by atoms with Crippen molar-refractivity contribution >= 4 is 44.9 Å². The number of hydrogen-bond donors (Lipinski definition) is 1. The standard InChI is InChI=1S/C15H11FN2OS2/c16-10-4-3-5-11(8-10)17-14(19)9-20-15-18-12-6-1-2-7-13(12)21-15/h1-8H,9H2,(H,17,19). The third kappa shape index (κ3) is 3.59. The fourth-order valence-electron chi connectivity index (χ4n) is 1.80. The molecule has 0 aliphatic rings. The number of benzene rings is 2. The number of nitrogens with one attached hydrogen (secondary N) is 1. The van der Waals surface area contributed by atoms with E-state index in [1.807, 2.05) is 24.3 Å². The number of anilines is 1. The van der Waals surface area contributed by atoms with Crippen molar-refractivity contribution in [3.05, 3.63) is 54.3 Å². The number of aromatic nitrogens is 1. The summed E-state index contributed by atoms with van der Waals surface area (Å²) in [7, 11) is 0. The molecular formula is C15H11FN2OS2. The minimum Gasteiger partial charge on any atom is -0.325 e. The molecule has 0 unspecified atom stereocenters. The number of carbonyl (C=O) groups excluding carboxylic acids is 1. The van der Waals surface area contributed by atoms with Crippen molar-refractivity contribution in [3.63, 3.8) is 0 Å². The van der Waals surface area contributed by atoms with Crippen LogP contribution in [0.1, 0.15) is 0 Å². The Morgan fingerprint density at radius 2 is 2.10 bits per heavy atom. The lowest BCUT2D eigenvalue weighted by Gasteiger charge is -2.03. The van der Waals surface area contributed by atoms with Crippen molar-refractivity contribution in [1.29, 1.82) is 0 Å². The molecule has 0 aliphatic heterocycles. The lowest BCUT2D eigenvalue weighted by Crippen LogP contribution is -2.13. The van der Waals surface area contributed by atoms with Crippen LogP contribution in [0.5, 0.6) is 0 Å². The van der Waals surface area contributed by atoms with E-state index in [2.05, 4.69) is 10.3 Å². The van der Waals surface area contributed by atoms with Crippen molar-refractivity contribution in [2.75, 3.05) is 11.1 Å². The van der Waals surface area contributed by atoms with Gasteiger partial charge in [0, 0.05) is 5.69 Å². The van der Waals surface area contributed by atoms with E-state index in [4.69, 9.17) is 0 Å². The second-order valence-corrected chi connectivity index (χ2v) is 6.55. The first-order valence-electron chi connectivity index (χ1n) is 6.24. The number of thioether (sulfide) groups is 1. The highest BCUT2D eigenvalue weighted by molar-refractivity contribution is 8.01. The summed E-state index contributed by atoms with van der Waals surface area (Å²) in [4.78, 5) is 16.3. The Morgan fingerprint density at radius 1 is 1.24 bits per heavy atom. The van der Waals surface area contributed by atoms with Gasteiger partial charge >= 0.3 is 0 Å². The fraction of sp³-hybridized carbons (Fsp3) is 0.0667. The van der Waals surface area contributed by atoms with Gasteiger partial charge in [0.15, 0.2) is 4.34 Å². The summed E-state index contributed by atoms with van der Waals surface area (Å²) < 4.78 is 15.0. The lowest BCUT2D eigenvalue weighted by molar-refractivity contribution is -0.113. The average Bonchev–Trinajstić information content (AvgIpc) is 2.88. The number of halogens is 1. The predicted molar refractivity (Wildman–Crippen MR) is 85.4 cm³/mol. The maximum atomic E-state index is 13.0. The maximum absolute atomic E-state index is 13.0. The second-order valence-electron chi connectivity index (χ2n) is 4.29. The van der Waals surface area contributed by atoms with Gasteiger partial charge in [-0.05, 0) is 30.3 Å². The number of para-hydroxylation sites is 1. The first-order valence-corrected chi connectivity index (χ1v) is 8.05. The molecule has 3 rings (SSSR count). The Labute approximate surface area is 129 Å². The molecule has 0 saturated carbocycles. The van der Waals surface area contributed by atoms with Gasteiger partial charge in [0.25, 0.3) is 0 Å². The summed E-state index contributed by atoms with van der Waals surface area (Å²) in [5.41, 5.74) is 1.40. The molecule has 0 aliphatic carbocycles. The van der Waals surface area contributed by atoms with Gasteiger partial charge in [-0.1, -0.05) is 30.0 Å². The number of amides is 1. The molecule has 106 valence electrons. The molecule has 21 heavy (non-hydrogen) atoms. The zero-order valence-corrected chi connectivity index (χ0v) is 12.5. The highest BCUT2D eigenvalue weighted by atomic mass is 32.2. The zero-order valence-electron chi connectivity index (χ0n) is 10.9. The zero-order chi connectivity index (χ0) is 14.7. The lowest BCUT2D eigenvalue weighted by atomic mass is 10.3. The molecule has 1 N–H and O–H groups in total. The number of rotatable bonds is 4. The molecule has 3 nitrogen and oxygen atoms in total. The Balaban J connectivity index is 1.60. The first-order chi connectivity index (χ1) is 10.2. The third-order valence-corrected chi connectivity index (χ3v) is 4.89. The number of carbonyl (C=O) groups is 1. The van der Waals surface area contributed by atoms with Crippen LogP contribution in [0.2, 0.25) is 0 Å². The molecule has 3 aromatic rings. The molecular weight excluding hydrogens is 307 g/mol. The Hall–Kier alpha value is -1.92. The maximum Gasteiger partial charge on any atom is 0.234 e. The van der Waals surface area contributed by atoms with E-state index in [0.717, 1.165) is 14.6 Å². The number of fused-ring (bicyclic) bond motifs is 1. The summed E-state index contributed by atoms with van der Waals surface area (Å²) >= 11 is 2.94. The van der Waals surface area contributed by atoms with Crippen LogP contribution in [0.4, 0.5) is 10.1 Å². The van der Waals surface area contributed by atoms with Crippen LogP contribution in [-0.2, 0) is 4.79 Å². The van der Waals surface area contributed by atoms with Crippen molar-refractivity contribution < 1.29 is 9.18 Å². The average molecular weight is 318 g/mol. The topological polar surface area (TPSA) is 42.0 Å². The minimum absolute atomic E-state index is 0.176. The van der Waals surface area contributed by atoms with Gasteiger partial charge in [-0.25, -0.2) is 9.37 Å². The van der Waals surface area contributed by atoms with E-state index in [-0.39, 0.29) is 17.5 Å². The van der Waals surface area contributed by atoms with Crippen LogP contribution < -0.4 is 5.32 Å². The van der Waals surface area contributed by atoms with Crippen LogP contribution in [-0.4, -0.2) is 16.6 Å². The van der Waals surface area contributed by atoms with Gasteiger partial charge in [0.1, 0.15) is 5.82 Å². The van der Waals surface area contributed by atoms with E-state index in [9.17, 15) is 9.18 Å². The van der Waals surface area contributed by atoms with E-state index in [1.165, 1.54) is 23.9 Å². The summed E-state index contributed by atoms with van der Waals surface area (Å²) in [5, 5.41) is 2.66. The third-order valence-electron chi connectivity index (χ3n) is 2.71. The smallest absolute Gasteiger partial charge is 0.234 e. The van der Waals surface area contributed by atoms with Crippen molar-refractivity contribution in [2.45, 2.75) is 4.34 Å². The highest BCUT2D eigenvalue weighted by Gasteiger charge is 2.08. The van der Waals surface area contributed by atoms with Crippen LogP contribution in [0.15, 0.2) is 52.9 Å². The SMILES string of the molecule is O=C(CSc1nc2ccccc2s1)Nc1cccc(F)c1. The van der Waals surface area contributed by atoms with Crippen molar-refractivity contribution in [3.8, 4) is 0 Å². The molecule has 0 atom stereocenters. The predicted octanol–water partition coefficient (Wildman–Crippen LogP) is 4.17. The summed E-state index contributed by atoms with van der Waals surface area (Å²) in [5.74, 6) is -0.299. The molecule has 6 heteroatoms.